The van der Waals surface area contributed by atoms with Crippen molar-refractivity contribution in [3.63, 3.8) is 0 Å². The molecule has 0 aliphatic heterocycles. The summed E-state index contributed by atoms with van der Waals surface area (Å²) in [5.41, 5.74) is 12.1. The van der Waals surface area contributed by atoms with Crippen molar-refractivity contribution >= 4 is 32.8 Å². The van der Waals surface area contributed by atoms with Gasteiger partial charge in [-0.1, -0.05) is 166 Å². The molecule has 296 valence electrons. The molecule has 0 unspecified atom stereocenters. The first-order chi connectivity index (χ1) is 30.4. The minimum atomic E-state index is 0.0198. The summed E-state index contributed by atoms with van der Waals surface area (Å²) in [5, 5.41) is 2.24. The molecule has 0 radical (unpaired) electrons. The van der Waals surface area contributed by atoms with Gasteiger partial charge < -0.3 is 0 Å². The van der Waals surface area contributed by atoms with Gasteiger partial charge in [0.2, 0.25) is 0 Å². The molecule has 0 atom stereocenters. The zero-order chi connectivity index (χ0) is 41.8. The van der Waals surface area contributed by atoms with Gasteiger partial charge in [-0.25, -0.2) is 24.9 Å². The van der Waals surface area contributed by atoms with Crippen LogP contribution in [0.2, 0.25) is 0 Å². The van der Waals surface area contributed by atoms with E-state index >= 15 is 0 Å². The molecule has 0 saturated heterocycles. The molecule has 11 rings (SSSR count). The number of nitrogens with zero attached hydrogens (tertiary/aromatic N) is 7. The molecule has 0 amide bonds. The van der Waals surface area contributed by atoms with Crippen molar-refractivity contribution in [2.45, 2.75) is 26.2 Å². The Hall–Kier alpha value is -8.03. The molecule has 8 aromatic carbocycles. The van der Waals surface area contributed by atoms with E-state index in [0.717, 1.165) is 83.7 Å². The monoisotopic (exact) mass is 799 g/mol. The highest BCUT2D eigenvalue weighted by Crippen LogP contribution is 2.35. The van der Waals surface area contributed by atoms with Crippen LogP contribution in [0.15, 0.2) is 194 Å². The number of benzene rings is 8. The van der Waals surface area contributed by atoms with E-state index in [-0.39, 0.29) is 5.41 Å². The molecule has 0 aliphatic rings. The van der Waals surface area contributed by atoms with Crippen LogP contribution in [0.25, 0.3) is 101 Å². The van der Waals surface area contributed by atoms with Gasteiger partial charge in [0, 0.05) is 39.2 Å². The lowest BCUT2D eigenvalue weighted by Crippen LogP contribution is -2.10. The maximum absolute atomic E-state index is 5.20. The summed E-state index contributed by atoms with van der Waals surface area (Å²) in [4.78, 5) is 25.8. The van der Waals surface area contributed by atoms with Crippen LogP contribution in [0.5, 0.6) is 0 Å². The van der Waals surface area contributed by atoms with Crippen LogP contribution in [-0.4, -0.2) is 34.1 Å². The van der Waals surface area contributed by atoms with E-state index in [2.05, 4.69) is 200 Å². The van der Waals surface area contributed by atoms with E-state index in [0.29, 0.717) is 17.5 Å². The van der Waals surface area contributed by atoms with Crippen LogP contribution in [0.4, 0.5) is 0 Å². The normalized spacial score (nSPS) is 11.8. The Morgan fingerprint density at radius 1 is 0.371 bits per heavy atom. The lowest BCUT2D eigenvalue weighted by Gasteiger charge is -2.20. The SMILES string of the molecule is CC(C)(C)c1ccc2c(-c3nc(-c4ccc(-c5nc6ccccc6n5-c5ccccc5)cc4)nc(-c4ccc(-c5nc6ccccc6n5-c5ccccc5)cc4)n3)cccc2c1. The maximum Gasteiger partial charge on any atom is 0.164 e. The molecule has 3 heterocycles. The first-order valence-electron chi connectivity index (χ1n) is 20.9. The lowest BCUT2D eigenvalue weighted by atomic mass is 9.85. The van der Waals surface area contributed by atoms with Gasteiger partial charge in [-0.3, -0.25) is 9.13 Å². The fourth-order valence-corrected chi connectivity index (χ4v) is 8.35. The van der Waals surface area contributed by atoms with Crippen molar-refractivity contribution in [3.05, 3.63) is 200 Å². The third-order valence-corrected chi connectivity index (χ3v) is 11.6. The van der Waals surface area contributed by atoms with Crippen molar-refractivity contribution < 1.29 is 0 Å². The van der Waals surface area contributed by atoms with Crippen LogP contribution >= 0.6 is 0 Å². The van der Waals surface area contributed by atoms with Crippen LogP contribution < -0.4 is 0 Å². The molecule has 3 aromatic heterocycles. The topological polar surface area (TPSA) is 74.3 Å². The first-order valence-corrected chi connectivity index (χ1v) is 20.9. The van der Waals surface area contributed by atoms with Crippen LogP contribution in [0, 0.1) is 0 Å². The molecule has 0 saturated carbocycles. The average Bonchev–Trinajstić information content (AvgIpc) is 3.91. The Labute approximate surface area is 359 Å². The number of imidazole rings is 2. The summed E-state index contributed by atoms with van der Waals surface area (Å²) in [5.74, 6) is 3.53. The van der Waals surface area contributed by atoms with Crippen molar-refractivity contribution in [3.8, 4) is 68.3 Å². The zero-order valence-electron chi connectivity index (χ0n) is 34.6. The highest BCUT2D eigenvalue weighted by Gasteiger charge is 2.20. The van der Waals surface area contributed by atoms with Crippen LogP contribution in [0.1, 0.15) is 26.3 Å². The predicted molar refractivity (Wildman–Crippen MR) is 252 cm³/mol. The van der Waals surface area contributed by atoms with Crippen molar-refractivity contribution in [1.29, 1.82) is 0 Å². The largest absolute Gasteiger partial charge is 0.292 e. The standard InChI is InChI=1S/C55H41N7/c1-55(2,3)41-33-34-44-40(35-41)15-14-20-45(44)52-59-50(36-25-29-38(30-26-36)53-56-46-21-10-12-23-48(46)61(53)42-16-6-4-7-17-42)58-51(60-52)37-27-31-39(32-28-37)54-57-47-22-11-13-24-49(47)62(54)43-18-8-5-9-19-43/h4-35H,1-3H3. The van der Waals surface area contributed by atoms with Crippen molar-refractivity contribution in [1.82, 2.24) is 34.1 Å². The fraction of sp³-hybridized carbons (Fsp3) is 0.0727. The zero-order valence-corrected chi connectivity index (χ0v) is 34.6. The molecular weight excluding hydrogens is 759 g/mol. The number of hydrogen-bond donors (Lipinski definition) is 0. The third kappa shape index (κ3) is 6.61. The number of fused-ring (bicyclic) bond motifs is 3. The van der Waals surface area contributed by atoms with Gasteiger partial charge in [-0.15, -0.1) is 0 Å². The highest BCUT2D eigenvalue weighted by molar-refractivity contribution is 5.96. The number of rotatable bonds is 7. The summed E-state index contributed by atoms with van der Waals surface area (Å²) >= 11 is 0. The van der Waals surface area contributed by atoms with Gasteiger partial charge >= 0.3 is 0 Å². The summed E-state index contributed by atoms with van der Waals surface area (Å²) in [6.45, 7) is 6.73. The quantitative estimate of drug-likeness (QED) is 0.160. The molecule has 0 bridgehead atoms. The minimum Gasteiger partial charge on any atom is -0.292 e. The second-order valence-corrected chi connectivity index (χ2v) is 16.6. The van der Waals surface area contributed by atoms with Crippen LogP contribution in [-0.2, 0) is 5.41 Å². The number of aromatic nitrogens is 7. The highest BCUT2D eigenvalue weighted by atomic mass is 15.1. The number of para-hydroxylation sites is 6. The second-order valence-electron chi connectivity index (χ2n) is 16.6. The molecule has 7 nitrogen and oxygen atoms in total. The van der Waals surface area contributed by atoms with Crippen molar-refractivity contribution in [2.75, 3.05) is 0 Å². The van der Waals surface area contributed by atoms with E-state index in [1.807, 2.05) is 24.3 Å². The molecule has 11 aromatic rings. The van der Waals surface area contributed by atoms with Gasteiger partial charge in [0.05, 0.1) is 22.1 Å². The maximum atomic E-state index is 5.20. The van der Waals surface area contributed by atoms with Gasteiger partial charge in [0.1, 0.15) is 11.6 Å². The molecule has 7 heteroatoms. The Balaban J connectivity index is 1.04. The van der Waals surface area contributed by atoms with Crippen LogP contribution in [0.3, 0.4) is 0 Å². The van der Waals surface area contributed by atoms with E-state index in [1.165, 1.54) is 5.56 Å². The first kappa shape index (κ1) is 37.0. The molecule has 0 spiro atoms. The van der Waals surface area contributed by atoms with Gasteiger partial charge in [-0.2, -0.15) is 0 Å². The summed E-state index contributed by atoms with van der Waals surface area (Å²) in [6.07, 6.45) is 0. The summed E-state index contributed by atoms with van der Waals surface area (Å²) < 4.78 is 4.43. The van der Waals surface area contributed by atoms with E-state index in [9.17, 15) is 0 Å². The Bertz CT molecular complexity index is 3240. The van der Waals surface area contributed by atoms with E-state index in [4.69, 9.17) is 24.9 Å². The molecule has 0 N–H and O–H groups in total. The number of hydrogen-bond acceptors (Lipinski definition) is 5. The van der Waals surface area contributed by atoms with Crippen molar-refractivity contribution in [2.24, 2.45) is 0 Å². The average molecular weight is 800 g/mol. The smallest absolute Gasteiger partial charge is 0.164 e. The van der Waals surface area contributed by atoms with Gasteiger partial charge in [0.15, 0.2) is 17.5 Å². The Morgan fingerprint density at radius 3 is 1.32 bits per heavy atom. The fourth-order valence-electron chi connectivity index (χ4n) is 8.35. The minimum absolute atomic E-state index is 0.0198. The summed E-state index contributed by atoms with van der Waals surface area (Å²) in [7, 11) is 0. The molecule has 0 fully saturated rings. The summed E-state index contributed by atoms with van der Waals surface area (Å²) in [6, 6.07) is 67.1. The molecule has 0 aliphatic carbocycles. The van der Waals surface area contributed by atoms with E-state index in [1.54, 1.807) is 0 Å². The van der Waals surface area contributed by atoms with Gasteiger partial charge in [0.25, 0.3) is 0 Å². The molecule has 62 heavy (non-hydrogen) atoms. The second kappa shape index (κ2) is 14.9. The predicted octanol–water partition coefficient (Wildman–Crippen LogP) is 13.3. The van der Waals surface area contributed by atoms with Gasteiger partial charge in [-0.05, 0) is 70.3 Å². The Morgan fingerprint density at radius 2 is 0.823 bits per heavy atom. The van der Waals surface area contributed by atoms with E-state index < -0.39 is 0 Å². The Kier molecular flexibility index (Phi) is 8.90. The lowest BCUT2D eigenvalue weighted by molar-refractivity contribution is 0.591. The third-order valence-electron chi connectivity index (χ3n) is 11.6. The molecular formula is C55H41N7.